The summed E-state index contributed by atoms with van der Waals surface area (Å²) in [6.07, 6.45) is 4.71. The molecular weight excluding hydrogens is 340 g/mol. The van der Waals surface area contributed by atoms with Gasteiger partial charge in [-0.25, -0.2) is 4.98 Å². The second-order valence-corrected chi connectivity index (χ2v) is 6.22. The summed E-state index contributed by atoms with van der Waals surface area (Å²) < 4.78 is 1.79. The Morgan fingerprint density at radius 3 is 2.70 bits per heavy atom. The number of carbonyl (C=O) groups excluding carboxylic acids is 1. The number of nitrogens with one attached hydrogen (secondary N) is 1. The number of nitrogens with zero attached hydrogens (tertiary/aromatic N) is 3. The van der Waals surface area contributed by atoms with Crippen LogP contribution in [0.1, 0.15) is 23.7 Å². The van der Waals surface area contributed by atoms with Gasteiger partial charge >= 0.3 is 0 Å². The van der Waals surface area contributed by atoms with E-state index in [1.54, 1.807) is 34.9 Å². The number of aliphatic hydroxyl groups excluding tert-OH is 1. The van der Waals surface area contributed by atoms with E-state index in [9.17, 15) is 9.90 Å². The maximum absolute atomic E-state index is 12.5. The van der Waals surface area contributed by atoms with E-state index in [2.05, 4.69) is 16.4 Å². The monoisotopic (exact) mass is 356 g/mol. The van der Waals surface area contributed by atoms with E-state index in [1.807, 2.05) is 36.4 Å². The predicted octanol–water partition coefficient (Wildman–Crippen LogP) is 3.38. The lowest BCUT2D eigenvalue weighted by molar-refractivity contribution is -0.118. The first-order valence-corrected chi connectivity index (χ1v) is 8.50. The first-order chi connectivity index (χ1) is 13.2. The summed E-state index contributed by atoms with van der Waals surface area (Å²) in [6, 6.07) is 16.3. The van der Waals surface area contributed by atoms with Crippen molar-refractivity contribution in [2.24, 2.45) is 0 Å². The third kappa shape index (κ3) is 3.24. The molecule has 1 aliphatic carbocycles. The van der Waals surface area contributed by atoms with Gasteiger partial charge in [0, 0.05) is 5.70 Å². The first kappa shape index (κ1) is 16.8. The molecule has 4 rings (SSSR count). The fraction of sp³-hybridized carbons (Fsp3) is 0.0952. The van der Waals surface area contributed by atoms with Crippen LogP contribution in [0.15, 0.2) is 66.8 Å². The quantitative estimate of drug-likeness (QED) is 0.733. The number of benzene rings is 2. The van der Waals surface area contributed by atoms with Gasteiger partial charge in [-0.2, -0.15) is 5.26 Å². The van der Waals surface area contributed by atoms with Crippen molar-refractivity contribution in [1.29, 1.82) is 5.26 Å². The molecule has 2 aromatic carbocycles. The minimum atomic E-state index is -0.892. The van der Waals surface area contributed by atoms with Crippen molar-refractivity contribution in [1.82, 2.24) is 9.55 Å². The Kier molecular flexibility index (Phi) is 4.29. The number of imidazole rings is 1. The normalized spacial score (nSPS) is 13.6. The number of fused-ring (bicyclic) bond motifs is 1. The zero-order chi connectivity index (χ0) is 18.8. The topological polar surface area (TPSA) is 90.9 Å². The van der Waals surface area contributed by atoms with Crippen molar-refractivity contribution in [2.45, 2.75) is 12.5 Å². The Morgan fingerprint density at radius 2 is 2.04 bits per heavy atom. The van der Waals surface area contributed by atoms with Crippen LogP contribution in [0.2, 0.25) is 0 Å². The Balaban J connectivity index is 1.61. The number of aromatic nitrogens is 2. The number of nitriles is 1. The highest BCUT2D eigenvalue weighted by Crippen LogP contribution is 2.29. The molecule has 3 aromatic rings. The SMILES string of the molecule is N#Cc1ccc2nc(NC(=O)C[C@H](O)c3ccccc3)n(C3=CC=C3)c2c1. The van der Waals surface area contributed by atoms with Crippen LogP contribution in [0.5, 0.6) is 0 Å². The molecule has 1 amide bonds. The lowest BCUT2D eigenvalue weighted by atomic mass is 10.1. The van der Waals surface area contributed by atoms with Crippen molar-refractivity contribution in [3.63, 3.8) is 0 Å². The second kappa shape index (κ2) is 6.90. The maximum Gasteiger partial charge on any atom is 0.229 e. The van der Waals surface area contributed by atoms with Crippen molar-refractivity contribution in [2.75, 3.05) is 5.32 Å². The lowest BCUT2D eigenvalue weighted by Gasteiger charge is -2.15. The van der Waals surface area contributed by atoms with Crippen molar-refractivity contribution in [3.8, 4) is 6.07 Å². The predicted molar refractivity (Wildman–Crippen MR) is 103 cm³/mol. The Morgan fingerprint density at radius 1 is 1.26 bits per heavy atom. The molecular formula is C21H16N4O2. The van der Waals surface area contributed by atoms with Gasteiger partial charge < -0.3 is 5.11 Å². The average molecular weight is 356 g/mol. The summed E-state index contributed by atoms with van der Waals surface area (Å²) in [6.45, 7) is 0. The third-order valence-electron chi connectivity index (χ3n) is 4.39. The molecule has 27 heavy (non-hydrogen) atoms. The summed E-state index contributed by atoms with van der Waals surface area (Å²) in [5.74, 6) is 0.0215. The van der Waals surface area contributed by atoms with Gasteiger partial charge in [0.1, 0.15) is 0 Å². The van der Waals surface area contributed by atoms with Crippen LogP contribution in [0, 0.1) is 11.3 Å². The van der Waals surface area contributed by atoms with Crippen molar-refractivity contribution >= 4 is 28.6 Å². The largest absolute Gasteiger partial charge is 0.388 e. The molecule has 1 aromatic heterocycles. The van der Waals surface area contributed by atoms with Crippen LogP contribution in [0.4, 0.5) is 5.95 Å². The highest BCUT2D eigenvalue weighted by Gasteiger charge is 2.19. The standard InChI is InChI=1S/C21H16N4O2/c22-13-14-9-10-17-18(11-14)25(16-7-4-8-16)21(23-17)24-20(27)12-19(26)15-5-2-1-3-6-15/h1-11,19,26H,12H2,(H,23,24,27)/t19-/m0/s1. The van der Waals surface area contributed by atoms with E-state index < -0.39 is 6.10 Å². The summed E-state index contributed by atoms with van der Waals surface area (Å²) in [5.41, 5.74) is 3.48. The average Bonchev–Trinajstić information content (AvgIpc) is 2.98. The molecule has 0 saturated heterocycles. The number of anilines is 1. The highest BCUT2D eigenvalue weighted by molar-refractivity contribution is 5.95. The van der Waals surface area contributed by atoms with E-state index >= 15 is 0 Å². The number of allylic oxidation sites excluding steroid dienone is 4. The molecule has 6 heteroatoms. The van der Waals surface area contributed by atoms with E-state index in [4.69, 9.17) is 5.26 Å². The fourth-order valence-electron chi connectivity index (χ4n) is 2.97. The molecule has 1 aliphatic rings. The highest BCUT2D eigenvalue weighted by atomic mass is 16.3. The van der Waals surface area contributed by atoms with Crippen LogP contribution < -0.4 is 5.32 Å². The Labute approximate surface area is 155 Å². The molecule has 2 N–H and O–H groups in total. The van der Waals surface area contributed by atoms with Crippen LogP contribution in [0.25, 0.3) is 16.7 Å². The molecule has 1 heterocycles. The number of hydrogen-bond acceptors (Lipinski definition) is 4. The van der Waals surface area contributed by atoms with Gasteiger partial charge in [0.2, 0.25) is 11.9 Å². The summed E-state index contributed by atoms with van der Waals surface area (Å²) in [5, 5.41) is 22.2. The van der Waals surface area contributed by atoms with Gasteiger partial charge in [0.25, 0.3) is 0 Å². The third-order valence-corrected chi connectivity index (χ3v) is 4.39. The fourth-order valence-corrected chi connectivity index (χ4v) is 2.97. The van der Waals surface area contributed by atoms with Crippen LogP contribution >= 0.6 is 0 Å². The van der Waals surface area contributed by atoms with Crippen LogP contribution in [-0.4, -0.2) is 20.6 Å². The van der Waals surface area contributed by atoms with Crippen molar-refractivity contribution < 1.29 is 9.90 Å². The molecule has 0 spiro atoms. The smallest absolute Gasteiger partial charge is 0.229 e. The molecule has 0 unspecified atom stereocenters. The molecule has 0 aliphatic heterocycles. The summed E-state index contributed by atoms with van der Waals surface area (Å²) in [4.78, 5) is 16.9. The molecule has 1 atom stereocenters. The lowest BCUT2D eigenvalue weighted by Crippen LogP contribution is -2.18. The first-order valence-electron chi connectivity index (χ1n) is 8.50. The molecule has 0 saturated carbocycles. The number of aliphatic hydroxyl groups is 1. The number of hydrogen-bond donors (Lipinski definition) is 2. The molecule has 0 fully saturated rings. The van der Waals surface area contributed by atoms with Gasteiger partial charge in [0.05, 0.1) is 35.2 Å². The van der Waals surface area contributed by atoms with Gasteiger partial charge in [-0.1, -0.05) is 36.4 Å². The summed E-state index contributed by atoms with van der Waals surface area (Å²) in [7, 11) is 0. The van der Waals surface area contributed by atoms with E-state index in [1.165, 1.54) is 0 Å². The number of amides is 1. The van der Waals surface area contributed by atoms with Gasteiger partial charge in [-0.05, 0) is 35.9 Å². The van der Waals surface area contributed by atoms with E-state index in [0.717, 1.165) is 11.2 Å². The molecule has 132 valence electrons. The van der Waals surface area contributed by atoms with Gasteiger partial charge in [-0.3, -0.25) is 14.7 Å². The van der Waals surface area contributed by atoms with E-state index in [-0.39, 0.29) is 12.3 Å². The van der Waals surface area contributed by atoms with Crippen molar-refractivity contribution in [3.05, 3.63) is 77.9 Å². The summed E-state index contributed by atoms with van der Waals surface area (Å²) >= 11 is 0. The zero-order valence-electron chi connectivity index (χ0n) is 14.3. The van der Waals surface area contributed by atoms with Gasteiger partial charge in [-0.15, -0.1) is 0 Å². The molecule has 6 nitrogen and oxygen atoms in total. The maximum atomic E-state index is 12.5. The van der Waals surface area contributed by atoms with Crippen LogP contribution in [-0.2, 0) is 4.79 Å². The minimum Gasteiger partial charge on any atom is -0.388 e. The van der Waals surface area contributed by atoms with Gasteiger partial charge in [0.15, 0.2) is 0 Å². The zero-order valence-corrected chi connectivity index (χ0v) is 14.3. The Bertz CT molecular complexity index is 1120. The molecule has 0 radical (unpaired) electrons. The van der Waals surface area contributed by atoms with E-state index in [0.29, 0.717) is 22.6 Å². The number of carbonyl (C=O) groups is 1. The number of rotatable bonds is 5. The minimum absolute atomic E-state index is 0.0778. The second-order valence-electron chi connectivity index (χ2n) is 6.22. The molecule has 0 bridgehead atoms. The Hall–Kier alpha value is -3.69. The van der Waals surface area contributed by atoms with Crippen LogP contribution in [0.3, 0.4) is 0 Å².